The molecular formula is C13H10BrCl3N2. The van der Waals surface area contributed by atoms with Gasteiger partial charge < -0.3 is 11.1 Å². The second kappa shape index (κ2) is 5.80. The lowest BCUT2D eigenvalue weighted by atomic mass is 10.2. The van der Waals surface area contributed by atoms with Crippen molar-refractivity contribution in [2.45, 2.75) is 6.92 Å². The average molecular weight is 381 g/mol. The summed E-state index contributed by atoms with van der Waals surface area (Å²) in [7, 11) is 0. The van der Waals surface area contributed by atoms with E-state index in [0.717, 1.165) is 21.4 Å². The first-order valence-corrected chi connectivity index (χ1v) is 7.28. The molecule has 0 aromatic heterocycles. The van der Waals surface area contributed by atoms with Gasteiger partial charge in [0.05, 0.1) is 26.4 Å². The molecule has 2 rings (SSSR count). The van der Waals surface area contributed by atoms with Gasteiger partial charge in [-0.3, -0.25) is 0 Å². The number of nitrogen functional groups attached to an aromatic ring is 1. The van der Waals surface area contributed by atoms with Gasteiger partial charge in [-0.2, -0.15) is 0 Å². The third-order valence-corrected chi connectivity index (χ3v) is 4.33. The van der Waals surface area contributed by atoms with Crippen LogP contribution < -0.4 is 11.1 Å². The monoisotopic (exact) mass is 378 g/mol. The molecule has 0 saturated carbocycles. The fourth-order valence-electron chi connectivity index (χ4n) is 1.56. The summed E-state index contributed by atoms with van der Waals surface area (Å²) in [6, 6.07) is 7.05. The van der Waals surface area contributed by atoms with E-state index in [1.165, 1.54) is 0 Å². The molecule has 100 valence electrons. The number of aryl methyl sites for hydroxylation is 1. The quantitative estimate of drug-likeness (QED) is 0.492. The number of halogens is 4. The highest BCUT2D eigenvalue weighted by molar-refractivity contribution is 9.10. The van der Waals surface area contributed by atoms with Gasteiger partial charge in [-0.25, -0.2) is 0 Å². The van der Waals surface area contributed by atoms with Gasteiger partial charge in [-0.05, 0) is 52.7 Å². The van der Waals surface area contributed by atoms with Crippen LogP contribution in [-0.4, -0.2) is 0 Å². The van der Waals surface area contributed by atoms with E-state index in [1.54, 1.807) is 12.1 Å². The molecule has 6 heteroatoms. The van der Waals surface area contributed by atoms with E-state index in [-0.39, 0.29) is 0 Å². The molecule has 0 radical (unpaired) electrons. The fourth-order valence-corrected chi connectivity index (χ4v) is 2.61. The lowest BCUT2D eigenvalue weighted by Gasteiger charge is -2.13. The Morgan fingerprint density at radius 3 is 2.26 bits per heavy atom. The van der Waals surface area contributed by atoms with Crippen molar-refractivity contribution in [1.29, 1.82) is 0 Å². The summed E-state index contributed by atoms with van der Waals surface area (Å²) in [5, 5.41) is 4.56. The van der Waals surface area contributed by atoms with Gasteiger partial charge in [0.2, 0.25) is 0 Å². The molecule has 0 spiro atoms. The predicted molar refractivity (Wildman–Crippen MR) is 88.0 cm³/mol. The Morgan fingerprint density at radius 1 is 0.947 bits per heavy atom. The summed E-state index contributed by atoms with van der Waals surface area (Å²) in [5.74, 6) is 0. The van der Waals surface area contributed by atoms with Crippen LogP contribution in [0.5, 0.6) is 0 Å². The summed E-state index contributed by atoms with van der Waals surface area (Å²) in [4.78, 5) is 0. The zero-order chi connectivity index (χ0) is 14.2. The van der Waals surface area contributed by atoms with E-state index in [4.69, 9.17) is 40.5 Å². The molecular weight excluding hydrogens is 370 g/mol. The van der Waals surface area contributed by atoms with Gasteiger partial charge in [0.15, 0.2) is 0 Å². The molecule has 2 aromatic carbocycles. The highest BCUT2D eigenvalue weighted by atomic mass is 79.9. The van der Waals surface area contributed by atoms with E-state index < -0.39 is 0 Å². The maximum atomic E-state index is 6.13. The fraction of sp³-hybridized carbons (Fsp3) is 0.0769. The van der Waals surface area contributed by atoms with Crippen LogP contribution in [0.15, 0.2) is 28.7 Å². The summed E-state index contributed by atoms with van der Waals surface area (Å²) in [5.41, 5.74) is 9.06. The first-order chi connectivity index (χ1) is 8.88. The van der Waals surface area contributed by atoms with Crippen LogP contribution in [0.2, 0.25) is 15.1 Å². The van der Waals surface area contributed by atoms with Gasteiger partial charge in [-0.15, -0.1) is 0 Å². The van der Waals surface area contributed by atoms with Crippen molar-refractivity contribution < 1.29 is 0 Å². The third-order valence-electron chi connectivity index (χ3n) is 2.64. The third kappa shape index (κ3) is 3.29. The van der Waals surface area contributed by atoms with Crippen molar-refractivity contribution in [2.75, 3.05) is 11.1 Å². The van der Waals surface area contributed by atoms with E-state index in [2.05, 4.69) is 21.2 Å². The number of hydrogen-bond donors (Lipinski definition) is 2. The van der Waals surface area contributed by atoms with E-state index in [0.29, 0.717) is 20.8 Å². The summed E-state index contributed by atoms with van der Waals surface area (Å²) in [6.07, 6.45) is 0. The highest BCUT2D eigenvalue weighted by Gasteiger charge is 2.09. The zero-order valence-electron chi connectivity index (χ0n) is 9.90. The number of anilines is 3. The largest absolute Gasteiger partial charge is 0.398 e. The molecule has 0 aliphatic rings. The van der Waals surface area contributed by atoms with Crippen molar-refractivity contribution >= 4 is 67.8 Å². The van der Waals surface area contributed by atoms with Crippen molar-refractivity contribution in [1.82, 2.24) is 0 Å². The number of nitrogens with two attached hydrogens (primary N) is 1. The van der Waals surface area contributed by atoms with Crippen LogP contribution >= 0.6 is 50.7 Å². The standard InChI is InChI=1S/C13H10BrCl3N2/c1-6-2-12(7(14)3-11(6)18)19-13-5-9(16)8(15)4-10(13)17/h2-5,19H,18H2,1H3. The topological polar surface area (TPSA) is 38.0 Å². The van der Waals surface area contributed by atoms with Crippen molar-refractivity contribution in [3.05, 3.63) is 49.4 Å². The molecule has 0 aliphatic heterocycles. The van der Waals surface area contributed by atoms with Crippen molar-refractivity contribution in [3.8, 4) is 0 Å². The Hall–Kier alpha value is -0.610. The average Bonchev–Trinajstić information content (AvgIpc) is 2.32. The Morgan fingerprint density at radius 2 is 1.58 bits per heavy atom. The zero-order valence-corrected chi connectivity index (χ0v) is 13.8. The van der Waals surface area contributed by atoms with E-state index >= 15 is 0 Å². The minimum absolute atomic E-state index is 0.421. The molecule has 3 N–H and O–H groups in total. The summed E-state index contributed by atoms with van der Waals surface area (Å²) >= 11 is 21.5. The van der Waals surface area contributed by atoms with Gasteiger partial charge >= 0.3 is 0 Å². The smallest absolute Gasteiger partial charge is 0.0656 e. The highest BCUT2D eigenvalue weighted by Crippen LogP contribution is 2.36. The van der Waals surface area contributed by atoms with Crippen molar-refractivity contribution in [2.24, 2.45) is 0 Å². The molecule has 0 atom stereocenters. The maximum Gasteiger partial charge on any atom is 0.0656 e. The first kappa shape index (κ1) is 14.8. The van der Waals surface area contributed by atoms with Gasteiger partial charge in [0.1, 0.15) is 0 Å². The van der Waals surface area contributed by atoms with Gasteiger partial charge in [-0.1, -0.05) is 34.8 Å². The molecule has 0 amide bonds. The molecule has 0 aliphatic carbocycles. The maximum absolute atomic E-state index is 6.13. The number of nitrogens with one attached hydrogen (secondary N) is 1. The van der Waals surface area contributed by atoms with E-state index in [9.17, 15) is 0 Å². The Bertz CT molecular complexity index is 589. The van der Waals surface area contributed by atoms with Crippen LogP contribution in [0, 0.1) is 6.92 Å². The first-order valence-electron chi connectivity index (χ1n) is 5.35. The Labute approximate surface area is 135 Å². The molecule has 0 bridgehead atoms. The van der Waals surface area contributed by atoms with Crippen LogP contribution in [0.1, 0.15) is 5.56 Å². The molecule has 0 heterocycles. The lowest BCUT2D eigenvalue weighted by Crippen LogP contribution is -1.96. The Balaban J connectivity index is 2.42. The van der Waals surface area contributed by atoms with Crippen LogP contribution in [0.3, 0.4) is 0 Å². The molecule has 0 fully saturated rings. The second-order valence-corrected chi connectivity index (χ2v) is 6.14. The second-order valence-electron chi connectivity index (χ2n) is 4.06. The van der Waals surface area contributed by atoms with Gasteiger partial charge in [0, 0.05) is 10.2 Å². The Kier molecular flexibility index (Phi) is 4.51. The predicted octanol–water partition coefficient (Wildman–Crippen LogP) is 6.04. The molecule has 0 unspecified atom stereocenters. The lowest BCUT2D eigenvalue weighted by molar-refractivity contribution is 1.43. The number of benzene rings is 2. The molecule has 0 saturated heterocycles. The molecule has 2 aromatic rings. The van der Waals surface area contributed by atoms with Crippen LogP contribution in [0.4, 0.5) is 17.1 Å². The SMILES string of the molecule is Cc1cc(Nc2cc(Cl)c(Cl)cc2Cl)c(Br)cc1N. The molecule has 19 heavy (non-hydrogen) atoms. The molecule has 2 nitrogen and oxygen atoms in total. The summed E-state index contributed by atoms with van der Waals surface area (Å²) < 4.78 is 0.845. The van der Waals surface area contributed by atoms with Crippen LogP contribution in [0.25, 0.3) is 0 Å². The van der Waals surface area contributed by atoms with Crippen molar-refractivity contribution in [3.63, 3.8) is 0 Å². The normalized spacial score (nSPS) is 10.6. The number of hydrogen-bond acceptors (Lipinski definition) is 2. The van der Waals surface area contributed by atoms with Gasteiger partial charge in [0.25, 0.3) is 0 Å². The minimum Gasteiger partial charge on any atom is -0.398 e. The summed E-state index contributed by atoms with van der Waals surface area (Å²) in [6.45, 7) is 1.93. The van der Waals surface area contributed by atoms with Crippen LogP contribution in [-0.2, 0) is 0 Å². The van der Waals surface area contributed by atoms with E-state index in [1.807, 2.05) is 19.1 Å². The number of rotatable bonds is 2. The minimum atomic E-state index is 0.421.